The number of nitrogens with two attached hydrogens (primary N) is 1. The van der Waals surface area contributed by atoms with Crippen molar-refractivity contribution in [3.8, 4) is 6.07 Å². The minimum atomic E-state index is -0.514. The molecule has 0 saturated carbocycles. The third kappa shape index (κ3) is 3.37. The average Bonchev–Trinajstić information content (AvgIpc) is 3.24. The van der Waals surface area contributed by atoms with Gasteiger partial charge in [-0.1, -0.05) is 19.9 Å². The van der Waals surface area contributed by atoms with Crippen LogP contribution in [0.4, 0.5) is 0 Å². The Kier molecular flexibility index (Phi) is 4.92. The van der Waals surface area contributed by atoms with E-state index in [0.717, 1.165) is 4.88 Å². The first-order valence-corrected chi connectivity index (χ1v) is 10.4. The molecule has 2 aliphatic rings. The number of thiophene rings is 1. The van der Waals surface area contributed by atoms with Crippen LogP contribution in [0.3, 0.4) is 0 Å². The predicted octanol–water partition coefficient (Wildman–Crippen LogP) is 3.22. The lowest BCUT2D eigenvalue weighted by Gasteiger charge is -2.43. The lowest BCUT2D eigenvalue weighted by Crippen LogP contribution is -2.49. The van der Waals surface area contributed by atoms with Gasteiger partial charge in [0.05, 0.1) is 28.8 Å². The molecule has 3 N–H and O–H groups in total. The molecule has 1 amide bonds. The number of hydrogen-bond acceptors (Lipinski definition) is 7. The zero-order valence-corrected chi connectivity index (χ0v) is 17.5. The largest absolute Gasteiger partial charge is 0.383 e. The standard InChI is InChI=1S/C22H21N5O2S/c1-22(2)9-15-19(16(28)10-22)18(17-6-4-8-30-17)14(11-23)20(24)27(15)26-21(29)13-5-3-7-25-12-13/h3-8,12,18H,9-10,24H2,1-2H3,(H,26,29). The molecule has 1 atom stereocenters. The minimum Gasteiger partial charge on any atom is -0.383 e. The maximum Gasteiger partial charge on any atom is 0.271 e. The number of nitriles is 1. The monoisotopic (exact) mass is 419 g/mol. The number of carbonyl (C=O) groups excluding carboxylic acids is 2. The van der Waals surface area contributed by atoms with E-state index in [4.69, 9.17) is 5.73 Å². The van der Waals surface area contributed by atoms with Gasteiger partial charge in [0.1, 0.15) is 5.82 Å². The first kappa shape index (κ1) is 19.9. The molecule has 0 radical (unpaired) electrons. The van der Waals surface area contributed by atoms with Crippen molar-refractivity contribution >= 4 is 23.0 Å². The number of allylic oxidation sites excluding steroid dienone is 3. The fourth-order valence-corrected chi connectivity index (χ4v) is 4.88. The van der Waals surface area contributed by atoms with Gasteiger partial charge in [-0.05, 0) is 35.4 Å². The molecular formula is C22H21N5O2S. The van der Waals surface area contributed by atoms with E-state index in [0.29, 0.717) is 29.7 Å². The maximum atomic E-state index is 13.2. The molecule has 3 heterocycles. The summed E-state index contributed by atoms with van der Waals surface area (Å²) in [5, 5.41) is 13.2. The summed E-state index contributed by atoms with van der Waals surface area (Å²) in [5.74, 6) is -0.821. The Labute approximate surface area is 178 Å². The number of nitrogens with zero attached hydrogens (tertiary/aromatic N) is 3. The van der Waals surface area contributed by atoms with Crippen LogP contribution in [0.1, 0.15) is 47.8 Å². The summed E-state index contributed by atoms with van der Waals surface area (Å²) >= 11 is 1.48. The smallest absolute Gasteiger partial charge is 0.271 e. The molecule has 8 heteroatoms. The highest BCUT2D eigenvalue weighted by atomic mass is 32.1. The highest BCUT2D eigenvalue weighted by Crippen LogP contribution is 2.49. The maximum absolute atomic E-state index is 13.2. The number of amides is 1. The van der Waals surface area contributed by atoms with Gasteiger partial charge in [0.15, 0.2) is 5.78 Å². The normalized spacial score (nSPS) is 20.6. The SMILES string of the molecule is CC1(C)CC(=O)C2=C(C1)N(NC(=O)c1cccnc1)C(N)=C(C#N)C2c1cccs1. The number of aromatic nitrogens is 1. The third-order valence-electron chi connectivity index (χ3n) is 5.35. The molecule has 4 rings (SSSR count). The number of ketones is 1. The van der Waals surface area contributed by atoms with Crippen molar-refractivity contribution in [1.29, 1.82) is 5.26 Å². The van der Waals surface area contributed by atoms with Gasteiger partial charge in [-0.25, -0.2) is 5.01 Å². The molecule has 30 heavy (non-hydrogen) atoms. The number of carbonyl (C=O) groups is 2. The lowest BCUT2D eigenvalue weighted by atomic mass is 9.70. The number of hydrazine groups is 1. The van der Waals surface area contributed by atoms with Crippen LogP contribution in [0.25, 0.3) is 0 Å². The Hall–Kier alpha value is -3.44. The highest BCUT2D eigenvalue weighted by molar-refractivity contribution is 7.10. The Morgan fingerprint density at radius 1 is 1.37 bits per heavy atom. The Morgan fingerprint density at radius 3 is 2.80 bits per heavy atom. The van der Waals surface area contributed by atoms with Gasteiger partial charge in [-0.15, -0.1) is 11.3 Å². The molecule has 152 valence electrons. The first-order valence-electron chi connectivity index (χ1n) is 9.53. The quantitative estimate of drug-likeness (QED) is 0.790. The summed E-state index contributed by atoms with van der Waals surface area (Å²) in [4.78, 5) is 30.9. The van der Waals surface area contributed by atoms with Crippen LogP contribution in [0, 0.1) is 16.7 Å². The molecule has 1 unspecified atom stereocenters. The summed E-state index contributed by atoms with van der Waals surface area (Å²) in [5.41, 5.74) is 10.7. The Bertz CT molecular complexity index is 1110. The fraction of sp³-hybridized carbons (Fsp3) is 0.273. The molecular weight excluding hydrogens is 398 g/mol. The first-order chi connectivity index (χ1) is 14.3. The number of hydrogen-bond donors (Lipinski definition) is 2. The summed E-state index contributed by atoms with van der Waals surface area (Å²) in [6, 6.07) is 9.27. The van der Waals surface area contributed by atoms with Crippen LogP contribution in [0.15, 0.2) is 64.7 Å². The summed E-state index contributed by atoms with van der Waals surface area (Å²) in [6.45, 7) is 4.02. The average molecular weight is 420 g/mol. The van der Waals surface area contributed by atoms with E-state index >= 15 is 0 Å². The second-order valence-corrected chi connectivity index (χ2v) is 9.16. The fourth-order valence-electron chi connectivity index (χ4n) is 4.04. The molecule has 0 bridgehead atoms. The van der Waals surface area contributed by atoms with Crippen molar-refractivity contribution in [1.82, 2.24) is 15.4 Å². The molecule has 2 aromatic heterocycles. The van der Waals surface area contributed by atoms with Gasteiger partial charge in [-0.3, -0.25) is 20.0 Å². The molecule has 0 aromatic carbocycles. The molecule has 0 saturated heterocycles. The van der Waals surface area contributed by atoms with Gasteiger partial charge in [0, 0.05) is 29.3 Å². The predicted molar refractivity (Wildman–Crippen MR) is 112 cm³/mol. The van der Waals surface area contributed by atoms with Crippen molar-refractivity contribution < 1.29 is 9.59 Å². The zero-order valence-electron chi connectivity index (χ0n) is 16.7. The van der Waals surface area contributed by atoms with Gasteiger partial charge < -0.3 is 5.73 Å². The number of Topliss-reactive ketones (excluding diaryl/α,β-unsaturated/α-hetero) is 1. The van der Waals surface area contributed by atoms with Crippen molar-refractivity contribution in [3.63, 3.8) is 0 Å². The van der Waals surface area contributed by atoms with Crippen LogP contribution in [0.5, 0.6) is 0 Å². The lowest BCUT2D eigenvalue weighted by molar-refractivity contribution is -0.118. The van der Waals surface area contributed by atoms with Crippen LogP contribution < -0.4 is 11.2 Å². The Morgan fingerprint density at radius 2 is 2.17 bits per heavy atom. The van der Waals surface area contributed by atoms with E-state index in [1.54, 1.807) is 18.3 Å². The van der Waals surface area contributed by atoms with Crippen LogP contribution in [0.2, 0.25) is 0 Å². The summed E-state index contributed by atoms with van der Waals surface area (Å²) in [6.07, 6.45) is 3.94. The third-order valence-corrected chi connectivity index (χ3v) is 6.28. The van der Waals surface area contributed by atoms with E-state index in [9.17, 15) is 14.9 Å². The molecule has 1 aliphatic carbocycles. The van der Waals surface area contributed by atoms with E-state index in [1.165, 1.54) is 22.5 Å². The Balaban J connectivity index is 1.85. The van der Waals surface area contributed by atoms with Crippen molar-refractivity contribution in [3.05, 3.63) is 75.1 Å². The van der Waals surface area contributed by atoms with Gasteiger partial charge >= 0.3 is 0 Å². The van der Waals surface area contributed by atoms with Crippen LogP contribution in [-0.4, -0.2) is 21.7 Å². The number of pyridine rings is 1. The molecule has 0 spiro atoms. The molecule has 1 aliphatic heterocycles. The zero-order chi connectivity index (χ0) is 21.5. The number of rotatable bonds is 3. The van der Waals surface area contributed by atoms with Gasteiger partial charge in [0.25, 0.3) is 5.91 Å². The summed E-state index contributed by atoms with van der Waals surface area (Å²) in [7, 11) is 0. The van der Waals surface area contributed by atoms with Crippen molar-refractivity contribution in [2.24, 2.45) is 11.1 Å². The van der Waals surface area contributed by atoms with Crippen LogP contribution >= 0.6 is 11.3 Å². The van der Waals surface area contributed by atoms with E-state index < -0.39 is 11.8 Å². The minimum absolute atomic E-state index is 0.0273. The second kappa shape index (κ2) is 7.43. The van der Waals surface area contributed by atoms with Crippen LogP contribution in [-0.2, 0) is 4.79 Å². The van der Waals surface area contributed by atoms with E-state index in [-0.39, 0.29) is 22.6 Å². The van der Waals surface area contributed by atoms with Crippen molar-refractivity contribution in [2.45, 2.75) is 32.6 Å². The molecule has 7 nitrogen and oxygen atoms in total. The molecule has 2 aromatic rings. The number of nitrogens with one attached hydrogen (secondary N) is 1. The van der Waals surface area contributed by atoms with Crippen molar-refractivity contribution in [2.75, 3.05) is 0 Å². The summed E-state index contributed by atoms with van der Waals surface area (Å²) < 4.78 is 0. The second-order valence-electron chi connectivity index (χ2n) is 8.18. The van der Waals surface area contributed by atoms with E-state index in [1.807, 2.05) is 31.4 Å². The topological polar surface area (TPSA) is 112 Å². The van der Waals surface area contributed by atoms with Gasteiger partial charge in [0.2, 0.25) is 0 Å². The molecule has 0 fully saturated rings. The van der Waals surface area contributed by atoms with E-state index in [2.05, 4.69) is 16.5 Å². The highest BCUT2D eigenvalue weighted by Gasteiger charge is 2.45. The van der Waals surface area contributed by atoms with Gasteiger partial charge in [-0.2, -0.15) is 5.26 Å².